The molecule has 1 aliphatic rings. The number of carbonyl (C=O) groups is 2. The molecule has 8 heteroatoms. The van der Waals surface area contributed by atoms with Crippen molar-refractivity contribution in [2.75, 3.05) is 25.0 Å². The summed E-state index contributed by atoms with van der Waals surface area (Å²) in [5, 5.41) is 6.18. The van der Waals surface area contributed by atoms with Gasteiger partial charge in [-0.25, -0.2) is 14.8 Å². The first-order valence-electron chi connectivity index (χ1n) is 9.85. The summed E-state index contributed by atoms with van der Waals surface area (Å²) in [6.07, 6.45) is 4.13. The Morgan fingerprint density at radius 1 is 1.17 bits per heavy atom. The number of ether oxygens (including phenoxy) is 1. The maximum Gasteiger partial charge on any atom is 0.409 e. The van der Waals surface area contributed by atoms with Crippen LogP contribution in [-0.4, -0.2) is 52.6 Å². The molecule has 29 heavy (non-hydrogen) atoms. The van der Waals surface area contributed by atoms with E-state index < -0.39 is 0 Å². The van der Waals surface area contributed by atoms with Crippen LogP contribution in [0.2, 0.25) is 0 Å². The van der Waals surface area contributed by atoms with E-state index >= 15 is 0 Å². The van der Waals surface area contributed by atoms with Crippen LogP contribution in [0.4, 0.5) is 16.4 Å². The average molecular weight is 397 g/mol. The van der Waals surface area contributed by atoms with Crippen LogP contribution in [-0.2, 0) is 4.74 Å². The number of carbonyl (C=O) groups excluding carboxylic acids is 2. The molecule has 154 valence electrons. The highest BCUT2D eigenvalue weighted by atomic mass is 16.6. The van der Waals surface area contributed by atoms with Crippen molar-refractivity contribution in [2.45, 2.75) is 39.7 Å². The number of likely N-dealkylation sites (tertiary alicyclic amines) is 1. The summed E-state index contributed by atoms with van der Waals surface area (Å²) in [4.78, 5) is 34.4. The number of piperidine rings is 1. The Balaban J connectivity index is 1.53. The summed E-state index contributed by atoms with van der Waals surface area (Å²) in [5.74, 6) is 0.232. The number of nitrogens with zero attached hydrogens (tertiary/aromatic N) is 3. The Morgan fingerprint density at radius 3 is 2.52 bits per heavy atom. The van der Waals surface area contributed by atoms with Gasteiger partial charge >= 0.3 is 6.09 Å². The molecule has 0 spiro atoms. The van der Waals surface area contributed by atoms with Gasteiger partial charge in [-0.05, 0) is 50.8 Å². The molecule has 0 radical (unpaired) electrons. The van der Waals surface area contributed by atoms with Crippen molar-refractivity contribution in [2.24, 2.45) is 0 Å². The highest BCUT2D eigenvalue weighted by Gasteiger charge is 2.25. The summed E-state index contributed by atoms with van der Waals surface area (Å²) >= 11 is 0. The standard InChI is InChI=1S/C21H27N5O3/c1-4-29-21(28)26-9-7-17(8-10-26)24-19(27)16-12-22-20(23-13-16)25-18-11-14(2)5-6-15(18)3/h5-6,11-13,17H,4,7-10H2,1-3H3,(H,24,27)(H,22,23,25). The van der Waals surface area contributed by atoms with Crippen molar-refractivity contribution in [1.82, 2.24) is 20.2 Å². The van der Waals surface area contributed by atoms with Gasteiger partial charge < -0.3 is 20.3 Å². The smallest absolute Gasteiger partial charge is 0.409 e. The van der Waals surface area contributed by atoms with E-state index in [4.69, 9.17) is 4.74 Å². The number of aryl methyl sites for hydroxylation is 2. The summed E-state index contributed by atoms with van der Waals surface area (Å²) in [6.45, 7) is 7.32. The third kappa shape index (κ3) is 5.43. The van der Waals surface area contributed by atoms with Gasteiger partial charge in [0.2, 0.25) is 5.95 Å². The zero-order valence-electron chi connectivity index (χ0n) is 17.1. The first-order valence-corrected chi connectivity index (χ1v) is 9.85. The van der Waals surface area contributed by atoms with E-state index in [0.29, 0.717) is 44.0 Å². The summed E-state index contributed by atoms with van der Waals surface area (Å²) in [5.41, 5.74) is 3.58. The molecule has 0 aliphatic carbocycles. The molecule has 0 saturated carbocycles. The third-order valence-corrected chi connectivity index (χ3v) is 4.91. The van der Waals surface area contributed by atoms with Crippen LogP contribution < -0.4 is 10.6 Å². The molecule has 2 amide bonds. The summed E-state index contributed by atoms with van der Waals surface area (Å²) < 4.78 is 5.01. The number of aromatic nitrogens is 2. The molecule has 0 atom stereocenters. The van der Waals surface area contributed by atoms with E-state index in [1.807, 2.05) is 32.0 Å². The lowest BCUT2D eigenvalue weighted by Crippen LogP contribution is -2.46. The monoisotopic (exact) mass is 397 g/mol. The highest BCUT2D eigenvalue weighted by Crippen LogP contribution is 2.19. The van der Waals surface area contributed by atoms with Gasteiger partial charge in [0.15, 0.2) is 0 Å². The molecule has 0 unspecified atom stereocenters. The lowest BCUT2D eigenvalue weighted by Gasteiger charge is -2.31. The van der Waals surface area contributed by atoms with E-state index in [1.165, 1.54) is 12.4 Å². The van der Waals surface area contributed by atoms with Gasteiger partial charge in [-0.1, -0.05) is 12.1 Å². The number of hydrogen-bond acceptors (Lipinski definition) is 6. The fraction of sp³-hybridized carbons (Fsp3) is 0.429. The van der Waals surface area contributed by atoms with E-state index in [2.05, 4.69) is 20.6 Å². The lowest BCUT2D eigenvalue weighted by molar-refractivity contribution is 0.0859. The fourth-order valence-corrected chi connectivity index (χ4v) is 3.19. The van der Waals surface area contributed by atoms with Crippen LogP contribution in [0.25, 0.3) is 0 Å². The predicted octanol–water partition coefficient (Wildman–Crippen LogP) is 3.19. The third-order valence-electron chi connectivity index (χ3n) is 4.91. The fourth-order valence-electron chi connectivity index (χ4n) is 3.19. The minimum atomic E-state index is -0.294. The van der Waals surface area contributed by atoms with Crippen LogP contribution >= 0.6 is 0 Å². The van der Waals surface area contributed by atoms with Gasteiger partial charge in [-0.15, -0.1) is 0 Å². The van der Waals surface area contributed by atoms with Crippen LogP contribution in [0.1, 0.15) is 41.3 Å². The number of anilines is 2. The van der Waals surface area contributed by atoms with E-state index in [1.54, 1.807) is 11.8 Å². The molecule has 8 nitrogen and oxygen atoms in total. The van der Waals surface area contributed by atoms with E-state index in [9.17, 15) is 9.59 Å². The van der Waals surface area contributed by atoms with Gasteiger partial charge in [-0.2, -0.15) is 0 Å². The Bertz CT molecular complexity index is 861. The minimum absolute atomic E-state index is 0.0147. The molecular weight excluding hydrogens is 370 g/mol. The van der Waals surface area contributed by atoms with Crippen molar-refractivity contribution < 1.29 is 14.3 Å². The normalized spacial score (nSPS) is 14.4. The topological polar surface area (TPSA) is 96.5 Å². The number of hydrogen-bond donors (Lipinski definition) is 2. The second-order valence-corrected chi connectivity index (χ2v) is 7.17. The highest BCUT2D eigenvalue weighted by molar-refractivity contribution is 5.93. The number of amides is 2. The van der Waals surface area contributed by atoms with Gasteiger partial charge in [0.05, 0.1) is 12.2 Å². The Morgan fingerprint density at radius 2 is 1.86 bits per heavy atom. The van der Waals surface area contributed by atoms with Crippen molar-refractivity contribution in [1.29, 1.82) is 0 Å². The Labute approximate surface area is 170 Å². The van der Waals surface area contributed by atoms with Crippen molar-refractivity contribution in [3.63, 3.8) is 0 Å². The van der Waals surface area contributed by atoms with Crippen molar-refractivity contribution >= 4 is 23.6 Å². The van der Waals surface area contributed by atoms with Crippen LogP contribution in [0.3, 0.4) is 0 Å². The minimum Gasteiger partial charge on any atom is -0.450 e. The molecule has 2 aromatic rings. The number of benzene rings is 1. The first kappa shape index (κ1) is 20.6. The second kappa shape index (κ2) is 9.36. The summed E-state index contributed by atoms with van der Waals surface area (Å²) in [7, 11) is 0. The zero-order chi connectivity index (χ0) is 20.8. The van der Waals surface area contributed by atoms with Gasteiger partial charge in [0.1, 0.15) is 0 Å². The quantitative estimate of drug-likeness (QED) is 0.804. The number of nitrogens with one attached hydrogen (secondary N) is 2. The van der Waals surface area contributed by atoms with Crippen LogP contribution in [0.15, 0.2) is 30.6 Å². The molecular formula is C21H27N5O3. The van der Waals surface area contributed by atoms with Crippen molar-refractivity contribution in [3.05, 3.63) is 47.3 Å². The Hall–Kier alpha value is -3.16. The largest absolute Gasteiger partial charge is 0.450 e. The molecule has 1 aromatic heterocycles. The second-order valence-electron chi connectivity index (χ2n) is 7.17. The van der Waals surface area contributed by atoms with Gasteiger partial charge in [0.25, 0.3) is 5.91 Å². The van der Waals surface area contributed by atoms with E-state index in [0.717, 1.165) is 16.8 Å². The maximum atomic E-state index is 12.5. The first-order chi connectivity index (χ1) is 14.0. The summed E-state index contributed by atoms with van der Waals surface area (Å²) in [6, 6.07) is 6.13. The lowest BCUT2D eigenvalue weighted by atomic mass is 10.1. The molecule has 1 saturated heterocycles. The molecule has 1 aliphatic heterocycles. The van der Waals surface area contributed by atoms with E-state index in [-0.39, 0.29) is 18.0 Å². The van der Waals surface area contributed by atoms with Crippen LogP contribution in [0.5, 0.6) is 0 Å². The molecule has 1 aromatic carbocycles. The molecule has 2 N–H and O–H groups in total. The molecule has 0 bridgehead atoms. The predicted molar refractivity (Wildman–Crippen MR) is 110 cm³/mol. The molecule has 3 rings (SSSR count). The van der Waals surface area contributed by atoms with Gasteiger partial charge in [0, 0.05) is 37.2 Å². The molecule has 2 heterocycles. The average Bonchev–Trinajstić information content (AvgIpc) is 2.72. The van der Waals surface area contributed by atoms with Crippen molar-refractivity contribution in [3.8, 4) is 0 Å². The Kier molecular flexibility index (Phi) is 6.64. The number of rotatable bonds is 5. The maximum absolute atomic E-state index is 12.5. The van der Waals surface area contributed by atoms with Gasteiger partial charge in [-0.3, -0.25) is 4.79 Å². The zero-order valence-corrected chi connectivity index (χ0v) is 17.1. The van der Waals surface area contributed by atoms with Crippen LogP contribution in [0, 0.1) is 13.8 Å². The SMILES string of the molecule is CCOC(=O)N1CCC(NC(=O)c2cnc(Nc3cc(C)ccc3C)nc2)CC1. The molecule has 1 fully saturated rings.